The van der Waals surface area contributed by atoms with E-state index in [-0.39, 0.29) is 37.0 Å². The molecule has 0 saturated carbocycles. The number of amides is 3. The Kier molecular flexibility index (Phi) is 14.1. The maximum Gasteiger partial charge on any atom is 0.326 e. The number of nitrogens with zero attached hydrogens (tertiary/aromatic N) is 1. The van der Waals surface area contributed by atoms with Gasteiger partial charge in [-0.15, -0.1) is 0 Å². The zero-order valence-corrected chi connectivity index (χ0v) is 20.0. The quantitative estimate of drug-likeness (QED) is 0.0499. The molecule has 0 aliphatic heterocycles. The Bertz CT molecular complexity index is 700. The molecule has 14 heteroatoms. The van der Waals surface area contributed by atoms with Crippen molar-refractivity contribution in [3.63, 3.8) is 0 Å². The Morgan fingerprint density at radius 1 is 0.939 bits per heavy atom. The van der Waals surface area contributed by atoms with Crippen LogP contribution in [0.4, 0.5) is 0 Å². The fourth-order valence-electron chi connectivity index (χ4n) is 2.69. The molecule has 0 aromatic rings. The zero-order valence-electron chi connectivity index (χ0n) is 19.2. The first-order valence-corrected chi connectivity index (χ1v) is 11.2. The van der Waals surface area contributed by atoms with Crippen LogP contribution in [-0.4, -0.2) is 82.4 Å². The van der Waals surface area contributed by atoms with Crippen molar-refractivity contribution in [1.29, 1.82) is 0 Å². The maximum absolute atomic E-state index is 12.8. The lowest BCUT2D eigenvalue weighted by atomic mass is 10.0. The van der Waals surface area contributed by atoms with E-state index in [1.54, 1.807) is 0 Å². The second-order valence-corrected chi connectivity index (χ2v) is 8.41. The Morgan fingerprint density at radius 3 is 1.91 bits per heavy atom. The van der Waals surface area contributed by atoms with E-state index in [0.29, 0.717) is 6.42 Å². The first-order chi connectivity index (χ1) is 15.3. The molecule has 11 N–H and O–H groups in total. The van der Waals surface area contributed by atoms with E-state index in [2.05, 4.69) is 33.6 Å². The number of aliphatic imine (C=N–C) groups is 1. The monoisotopic (exact) mass is 491 g/mol. The summed E-state index contributed by atoms with van der Waals surface area (Å²) in [5.41, 5.74) is 16.0. The molecule has 0 heterocycles. The van der Waals surface area contributed by atoms with E-state index >= 15 is 0 Å². The number of nitrogens with two attached hydrogens (primary N) is 3. The predicted octanol–water partition coefficient (Wildman–Crippen LogP) is -2.74. The summed E-state index contributed by atoms with van der Waals surface area (Å²) in [5.74, 6) is -3.61. The third-order valence-corrected chi connectivity index (χ3v) is 4.90. The van der Waals surface area contributed by atoms with Gasteiger partial charge in [0.25, 0.3) is 0 Å². The number of aliphatic hydroxyl groups excluding tert-OH is 1. The van der Waals surface area contributed by atoms with E-state index in [1.807, 2.05) is 13.8 Å². The van der Waals surface area contributed by atoms with Crippen molar-refractivity contribution in [2.45, 2.75) is 70.3 Å². The number of aliphatic hydroxyl groups is 1. The number of aliphatic carboxylic acids is 1. The third kappa shape index (κ3) is 12.3. The number of thiol groups is 1. The summed E-state index contributed by atoms with van der Waals surface area (Å²) in [4.78, 5) is 52.8. The van der Waals surface area contributed by atoms with Crippen LogP contribution in [0.5, 0.6) is 0 Å². The molecule has 0 spiro atoms. The SMILES string of the molecule is CC(C)CC(NC(=O)C(CS)NC(=O)C(N)C(C)O)C(=O)NC(CCCN=C(N)N)C(=O)O. The number of carbonyl (C=O) groups is 4. The van der Waals surface area contributed by atoms with E-state index in [9.17, 15) is 29.4 Å². The molecule has 0 radical (unpaired) electrons. The van der Waals surface area contributed by atoms with Gasteiger partial charge in [0.2, 0.25) is 17.7 Å². The predicted molar refractivity (Wildman–Crippen MR) is 126 cm³/mol. The fourth-order valence-corrected chi connectivity index (χ4v) is 2.95. The summed E-state index contributed by atoms with van der Waals surface area (Å²) in [7, 11) is 0. The summed E-state index contributed by atoms with van der Waals surface area (Å²) >= 11 is 4.05. The van der Waals surface area contributed by atoms with Crippen LogP contribution in [-0.2, 0) is 19.2 Å². The average Bonchev–Trinajstić information content (AvgIpc) is 2.71. The lowest BCUT2D eigenvalue weighted by molar-refractivity contribution is -0.142. The normalized spacial score (nSPS) is 15.5. The van der Waals surface area contributed by atoms with Gasteiger partial charge in [-0.1, -0.05) is 13.8 Å². The minimum atomic E-state index is -1.25. The van der Waals surface area contributed by atoms with Crippen LogP contribution in [0, 0.1) is 5.92 Å². The minimum Gasteiger partial charge on any atom is -0.480 e. The molecule has 0 aliphatic carbocycles. The molecule has 33 heavy (non-hydrogen) atoms. The molecule has 0 fully saturated rings. The Labute approximate surface area is 198 Å². The lowest BCUT2D eigenvalue weighted by Gasteiger charge is -2.25. The summed E-state index contributed by atoms with van der Waals surface area (Å²) < 4.78 is 0. The summed E-state index contributed by atoms with van der Waals surface area (Å²) in [6.07, 6.45) is -0.522. The summed E-state index contributed by atoms with van der Waals surface area (Å²) in [6, 6.07) is -4.63. The number of hydrogen-bond acceptors (Lipinski definition) is 8. The van der Waals surface area contributed by atoms with Crippen molar-refractivity contribution in [2.75, 3.05) is 12.3 Å². The van der Waals surface area contributed by atoms with Crippen LogP contribution in [0.1, 0.15) is 40.0 Å². The van der Waals surface area contributed by atoms with Crippen LogP contribution >= 0.6 is 12.6 Å². The van der Waals surface area contributed by atoms with Gasteiger partial charge in [-0.3, -0.25) is 19.4 Å². The highest BCUT2D eigenvalue weighted by Crippen LogP contribution is 2.08. The number of rotatable bonds is 15. The first kappa shape index (κ1) is 30.4. The minimum absolute atomic E-state index is 0.0149. The van der Waals surface area contributed by atoms with Gasteiger partial charge in [0.15, 0.2) is 5.96 Å². The smallest absolute Gasteiger partial charge is 0.326 e. The van der Waals surface area contributed by atoms with Crippen molar-refractivity contribution in [3.05, 3.63) is 0 Å². The number of hydrogen-bond donors (Lipinski definition) is 9. The van der Waals surface area contributed by atoms with Crippen LogP contribution in [0.15, 0.2) is 4.99 Å². The molecule has 0 saturated heterocycles. The molecule has 190 valence electrons. The first-order valence-electron chi connectivity index (χ1n) is 10.5. The fraction of sp³-hybridized carbons (Fsp3) is 0.737. The van der Waals surface area contributed by atoms with Gasteiger partial charge in [-0.2, -0.15) is 12.6 Å². The highest BCUT2D eigenvalue weighted by molar-refractivity contribution is 7.80. The Morgan fingerprint density at radius 2 is 1.45 bits per heavy atom. The molecule has 5 atom stereocenters. The van der Waals surface area contributed by atoms with Crippen LogP contribution in [0.25, 0.3) is 0 Å². The van der Waals surface area contributed by atoms with Gasteiger partial charge in [0.05, 0.1) is 6.10 Å². The molecule has 13 nitrogen and oxygen atoms in total. The second kappa shape index (κ2) is 15.3. The number of carboxylic acids is 1. The summed E-state index contributed by atoms with van der Waals surface area (Å²) in [6.45, 7) is 5.19. The highest BCUT2D eigenvalue weighted by atomic mass is 32.1. The van der Waals surface area contributed by atoms with Gasteiger partial charge in [0.1, 0.15) is 24.2 Å². The molecule has 3 amide bonds. The lowest BCUT2D eigenvalue weighted by Crippen LogP contribution is -2.58. The number of guanidine groups is 1. The molecule has 0 aromatic heterocycles. The highest BCUT2D eigenvalue weighted by Gasteiger charge is 2.30. The zero-order chi connectivity index (χ0) is 25.7. The van der Waals surface area contributed by atoms with E-state index < -0.39 is 54.0 Å². The molecule has 0 bridgehead atoms. The van der Waals surface area contributed by atoms with Crippen LogP contribution < -0.4 is 33.2 Å². The van der Waals surface area contributed by atoms with Crippen LogP contribution in [0.2, 0.25) is 0 Å². The van der Waals surface area contributed by atoms with Gasteiger partial charge < -0.3 is 43.4 Å². The van der Waals surface area contributed by atoms with Crippen molar-refractivity contribution in [3.8, 4) is 0 Å². The number of carbonyl (C=O) groups excluding carboxylic acids is 3. The number of carboxylic acid groups (broad SMARTS) is 1. The van der Waals surface area contributed by atoms with Gasteiger partial charge in [-0.05, 0) is 32.1 Å². The molecule has 5 unspecified atom stereocenters. The van der Waals surface area contributed by atoms with Crippen molar-refractivity contribution >= 4 is 42.3 Å². The average molecular weight is 492 g/mol. The van der Waals surface area contributed by atoms with E-state index in [1.165, 1.54) is 6.92 Å². The topological polar surface area (TPSA) is 235 Å². The van der Waals surface area contributed by atoms with Gasteiger partial charge in [0, 0.05) is 12.3 Å². The van der Waals surface area contributed by atoms with E-state index in [4.69, 9.17) is 17.2 Å². The molecule has 0 aliphatic rings. The molecule has 0 aromatic carbocycles. The van der Waals surface area contributed by atoms with Gasteiger partial charge >= 0.3 is 5.97 Å². The van der Waals surface area contributed by atoms with Crippen LogP contribution in [0.3, 0.4) is 0 Å². The maximum atomic E-state index is 12.8. The van der Waals surface area contributed by atoms with Gasteiger partial charge in [-0.25, -0.2) is 4.79 Å². The standard InChI is InChI=1S/C19H37N7O6S/c1-9(2)7-12(15(28)24-11(18(31)32)5-4-6-23-19(21)22)25-16(29)13(8-33)26-17(30)14(20)10(3)27/h9-14,27,33H,4-8,20H2,1-3H3,(H,24,28)(H,25,29)(H,26,30)(H,31,32)(H4,21,22,23). The summed E-state index contributed by atoms with van der Waals surface area (Å²) in [5, 5.41) is 26.2. The van der Waals surface area contributed by atoms with Crippen molar-refractivity contribution in [2.24, 2.45) is 28.1 Å². The Balaban J connectivity index is 5.25. The second-order valence-electron chi connectivity index (χ2n) is 8.05. The largest absolute Gasteiger partial charge is 0.480 e. The van der Waals surface area contributed by atoms with E-state index in [0.717, 1.165) is 0 Å². The molecular formula is C19H37N7O6S. The number of nitrogens with one attached hydrogen (secondary N) is 3. The third-order valence-electron chi connectivity index (χ3n) is 4.54. The van der Waals surface area contributed by atoms with Crippen molar-refractivity contribution in [1.82, 2.24) is 16.0 Å². The Hall–Kier alpha value is -2.58. The van der Waals surface area contributed by atoms with Crippen molar-refractivity contribution < 1.29 is 29.4 Å². The molecule has 0 rings (SSSR count). The molecular weight excluding hydrogens is 454 g/mol.